The number of aromatic nitrogens is 2. The summed E-state index contributed by atoms with van der Waals surface area (Å²) in [6, 6.07) is 6.08. The van der Waals surface area contributed by atoms with Gasteiger partial charge in [0.1, 0.15) is 11.6 Å². The van der Waals surface area contributed by atoms with Crippen molar-refractivity contribution in [1.29, 1.82) is 0 Å². The lowest BCUT2D eigenvalue weighted by atomic mass is 9.97. The summed E-state index contributed by atoms with van der Waals surface area (Å²) >= 11 is 0. The van der Waals surface area contributed by atoms with E-state index in [1.54, 1.807) is 30.7 Å². The number of phenolic OH excluding ortho intramolecular Hbond substituents is 1. The molecule has 32 heavy (non-hydrogen) atoms. The molecule has 0 unspecified atom stereocenters. The van der Waals surface area contributed by atoms with Crippen molar-refractivity contribution in [2.45, 2.75) is 31.2 Å². The lowest BCUT2D eigenvalue weighted by molar-refractivity contribution is -0.126. The summed E-state index contributed by atoms with van der Waals surface area (Å²) in [5.74, 6) is 0.0163. The van der Waals surface area contributed by atoms with Gasteiger partial charge in [0.25, 0.3) is 15.9 Å². The number of aromatic hydroxyl groups is 1. The van der Waals surface area contributed by atoms with Crippen molar-refractivity contribution in [2.24, 2.45) is 13.0 Å². The van der Waals surface area contributed by atoms with Gasteiger partial charge < -0.3 is 20.3 Å². The van der Waals surface area contributed by atoms with E-state index in [0.717, 1.165) is 0 Å². The third-order valence-electron chi connectivity index (χ3n) is 5.56. The topological polar surface area (TPSA) is 134 Å². The molecule has 1 aromatic carbocycles. The van der Waals surface area contributed by atoms with Gasteiger partial charge in [0.15, 0.2) is 5.03 Å². The number of phenols is 1. The molecule has 10 nitrogen and oxygen atoms in total. The smallest absolute Gasteiger partial charge is 0.262 e. The first kappa shape index (κ1) is 23.7. The van der Waals surface area contributed by atoms with Crippen molar-refractivity contribution in [1.82, 2.24) is 24.5 Å². The molecule has 0 bridgehead atoms. The highest BCUT2D eigenvalue weighted by atomic mass is 32.2. The summed E-state index contributed by atoms with van der Waals surface area (Å²) in [4.78, 5) is 28.5. The lowest BCUT2D eigenvalue weighted by Crippen LogP contribution is -2.43. The van der Waals surface area contributed by atoms with Crippen LogP contribution in [-0.4, -0.2) is 65.4 Å². The molecule has 11 heteroatoms. The summed E-state index contributed by atoms with van der Waals surface area (Å²) in [5.41, 5.74) is 0.372. The van der Waals surface area contributed by atoms with Gasteiger partial charge in [-0.2, -0.15) is 4.31 Å². The fourth-order valence-corrected chi connectivity index (χ4v) is 5.03. The fourth-order valence-electron chi connectivity index (χ4n) is 3.54. The summed E-state index contributed by atoms with van der Waals surface area (Å²) in [5, 5.41) is 15.1. The molecule has 0 radical (unpaired) electrons. The van der Waals surface area contributed by atoms with Gasteiger partial charge in [-0.25, -0.2) is 13.4 Å². The number of nitrogens with zero attached hydrogens (tertiary/aromatic N) is 3. The highest BCUT2D eigenvalue weighted by Crippen LogP contribution is 2.23. The number of imidazole rings is 1. The number of sulfonamides is 1. The monoisotopic (exact) mass is 463 g/mol. The van der Waals surface area contributed by atoms with Crippen LogP contribution in [0.4, 0.5) is 0 Å². The van der Waals surface area contributed by atoms with Crippen molar-refractivity contribution >= 4 is 21.8 Å². The minimum atomic E-state index is -3.66. The number of aryl methyl sites for hydroxylation is 2. The molecule has 1 fully saturated rings. The molecule has 2 amide bonds. The highest BCUT2D eigenvalue weighted by molar-refractivity contribution is 7.89. The van der Waals surface area contributed by atoms with E-state index in [9.17, 15) is 23.1 Å². The van der Waals surface area contributed by atoms with Crippen LogP contribution in [0.1, 0.15) is 35.4 Å². The van der Waals surface area contributed by atoms with E-state index in [4.69, 9.17) is 0 Å². The molecule has 2 heterocycles. The van der Waals surface area contributed by atoms with Crippen molar-refractivity contribution in [2.75, 3.05) is 26.2 Å². The van der Waals surface area contributed by atoms with Gasteiger partial charge in [-0.3, -0.25) is 9.59 Å². The molecular weight excluding hydrogens is 434 g/mol. The molecule has 1 aliphatic heterocycles. The zero-order valence-electron chi connectivity index (χ0n) is 18.2. The molecule has 3 rings (SSSR count). The maximum Gasteiger partial charge on any atom is 0.262 e. The number of amides is 2. The third kappa shape index (κ3) is 5.65. The largest absolute Gasteiger partial charge is 0.508 e. The predicted octanol–water partition coefficient (Wildman–Crippen LogP) is 0.771. The first-order chi connectivity index (χ1) is 15.2. The molecule has 0 spiro atoms. The first-order valence-corrected chi connectivity index (χ1v) is 12.0. The van der Waals surface area contributed by atoms with Gasteiger partial charge in [-0.1, -0.05) is 6.07 Å². The number of carbonyl (C=O) groups excluding carboxylic acids is 2. The third-order valence-corrected chi connectivity index (χ3v) is 7.33. The number of hydrogen-bond acceptors (Lipinski definition) is 6. The zero-order chi connectivity index (χ0) is 23.3. The normalized spacial score (nSPS) is 15.4. The maximum atomic E-state index is 12.8. The Morgan fingerprint density at radius 2 is 1.88 bits per heavy atom. The molecular formula is C21H29N5O5S. The Morgan fingerprint density at radius 1 is 1.19 bits per heavy atom. The maximum absolute atomic E-state index is 12.8. The van der Waals surface area contributed by atoms with Crippen LogP contribution in [-0.2, 0) is 21.9 Å². The van der Waals surface area contributed by atoms with Crippen LogP contribution in [0, 0.1) is 12.8 Å². The van der Waals surface area contributed by atoms with Crippen molar-refractivity contribution in [3.8, 4) is 5.75 Å². The van der Waals surface area contributed by atoms with Crippen molar-refractivity contribution in [3.63, 3.8) is 0 Å². The summed E-state index contributed by atoms with van der Waals surface area (Å²) in [6.45, 7) is 3.08. The second-order valence-corrected chi connectivity index (χ2v) is 9.75. The van der Waals surface area contributed by atoms with Gasteiger partial charge in [0.2, 0.25) is 5.91 Å². The summed E-state index contributed by atoms with van der Waals surface area (Å²) in [6.07, 6.45) is 2.96. The van der Waals surface area contributed by atoms with E-state index in [-0.39, 0.29) is 41.6 Å². The average molecular weight is 464 g/mol. The van der Waals surface area contributed by atoms with Crippen LogP contribution < -0.4 is 10.6 Å². The molecule has 0 saturated carbocycles. The fraction of sp³-hybridized carbons (Fsp3) is 0.476. The number of rotatable bonds is 8. The molecule has 2 aromatic rings. The SMILES string of the molecule is Cc1nc(S(=O)(=O)N2CCC(C(=O)NCCCNC(=O)c3cccc(O)c3)CC2)cn1C. The van der Waals surface area contributed by atoms with Crippen molar-refractivity contribution < 1.29 is 23.1 Å². The van der Waals surface area contributed by atoms with E-state index in [1.165, 1.54) is 22.6 Å². The van der Waals surface area contributed by atoms with E-state index in [0.29, 0.717) is 43.7 Å². The van der Waals surface area contributed by atoms with Crippen molar-refractivity contribution in [3.05, 3.63) is 41.9 Å². The average Bonchev–Trinajstić information content (AvgIpc) is 3.12. The Kier molecular flexibility index (Phi) is 7.52. The minimum Gasteiger partial charge on any atom is -0.508 e. The van der Waals surface area contributed by atoms with E-state index in [1.807, 2.05) is 0 Å². The van der Waals surface area contributed by atoms with E-state index in [2.05, 4.69) is 15.6 Å². The standard InChI is InChI=1S/C21H29N5O5S/c1-15-24-19(14-25(15)2)32(30,31)26-11-7-16(8-12-26)20(28)22-9-4-10-23-21(29)17-5-3-6-18(27)13-17/h3,5-6,13-14,16,27H,4,7-12H2,1-2H3,(H,22,28)(H,23,29). The van der Waals surface area contributed by atoms with Crippen LogP contribution in [0.15, 0.2) is 35.5 Å². The quantitative estimate of drug-likeness (QED) is 0.495. The Balaban J connectivity index is 1.38. The van der Waals surface area contributed by atoms with Gasteiger partial charge in [-0.05, 0) is 44.4 Å². The Hall–Kier alpha value is -2.92. The first-order valence-electron chi connectivity index (χ1n) is 10.5. The number of benzene rings is 1. The lowest BCUT2D eigenvalue weighted by Gasteiger charge is -2.29. The Labute approximate surface area is 187 Å². The van der Waals surface area contributed by atoms with E-state index >= 15 is 0 Å². The molecule has 1 aromatic heterocycles. The summed E-state index contributed by atoms with van der Waals surface area (Å²) in [7, 11) is -1.91. The number of hydrogen-bond donors (Lipinski definition) is 3. The number of piperidine rings is 1. The Morgan fingerprint density at radius 3 is 2.50 bits per heavy atom. The zero-order valence-corrected chi connectivity index (χ0v) is 19.1. The van der Waals surface area contributed by atoms with Gasteiger partial charge in [0.05, 0.1) is 0 Å². The van der Waals surface area contributed by atoms with Gasteiger partial charge >= 0.3 is 0 Å². The van der Waals surface area contributed by atoms with E-state index < -0.39 is 10.0 Å². The Bertz CT molecular complexity index is 1050. The van der Waals surface area contributed by atoms with Crippen LogP contribution in [0.25, 0.3) is 0 Å². The van der Waals surface area contributed by atoms with Crippen LogP contribution >= 0.6 is 0 Å². The summed E-state index contributed by atoms with van der Waals surface area (Å²) < 4.78 is 28.6. The van der Waals surface area contributed by atoms with Crippen LogP contribution in [0.2, 0.25) is 0 Å². The minimum absolute atomic E-state index is 0.0268. The number of carbonyl (C=O) groups is 2. The van der Waals surface area contributed by atoms with Gasteiger partial charge in [0, 0.05) is 50.9 Å². The van der Waals surface area contributed by atoms with Crippen LogP contribution in [0.3, 0.4) is 0 Å². The van der Waals surface area contributed by atoms with Gasteiger partial charge in [-0.15, -0.1) is 0 Å². The number of nitrogens with one attached hydrogen (secondary N) is 2. The molecule has 174 valence electrons. The molecule has 3 N–H and O–H groups in total. The second-order valence-electron chi connectivity index (χ2n) is 7.87. The molecule has 1 saturated heterocycles. The molecule has 1 aliphatic rings. The predicted molar refractivity (Wildman–Crippen MR) is 117 cm³/mol. The highest BCUT2D eigenvalue weighted by Gasteiger charge is 2.33. The molecule has 0 aliphatic carbocycles. The van der Waals surface area contributed by atoms with Crippen LogP contribution in [0.5, 0.6) is 5.75 Å². The second kappa shape index (κ2) is 10.1. The molecule has 0 atom stereocenters.